The van der Waals surface area contributed by atoms with Gasteiger partial charge in [-0.1, -0.05) is 37.7 Å². The average molecular weight is 348 g/mol. The van der Waals surface area contributed by atoms with Gasteiger partial charge in [0.05, 0.1) is 16.7 Å². The van der Waals surface area contributed by atoms with Gasteiger partial charge in [-0.3, -0.25) is 19.5 Å². The largest absolute Gasteiger partial charge is 0.338 e. The third-order valence-corrected chi connectivity index (χ3v) is 4.23. The van der Waals surface area contributed by atoms with Gasteiger partial charge < -0.3 is 5.32 Å². The van der Waals surface area contributed by atoms with E-state index in [-0.39, 0.29) is 11.3 Å². The van der Waals surface area contributed by atoms with Crippen LogP contribution in [0.5, 0.6) is 0 Å². The predicted octanol–water partition coefficient (Wildman–Crippen LogP) is 1.51. The quantitative estimate of drug-likeness (QED) is 0.631. The van der Waals surface area contributed by atoms with Crippen LogP contribution in [0.15, 0.2) is 34.2 Å². The molecule has 128 valence electrons. The lowest BCUT2D eigenvalue weighted by molar-refractivity contribution is -0.117. The number of imide groups is 1. The lowest BCUT2D eigenvalue weighted by atomic mass is 10.2. The normalized spacial score (nSPS) is 10.8. The van der Waals surface area contributed by atoms with Gasteiger partial charge in [0.2, 0.25) is 5.91 Å². The van der Waals surface area contributed by atoms with Crippen LogP contribution in [0.3, 0.4) is 0 Å². The number of carbonyl (C=O) groups is 2. The third kappa shape index (κ3) is 4.58. The molecular formula is C16H20N4O3S. The summed E-state index contributed by atoms with van der Waals surface area (Å²) < 4.78 is 1.40. The molecule has 1 aromatic carbocycles. The second kappa shape index (κ2) is 7.96. The van der Waals surface area contributed by atoms with E-state index in [2.05, 4.69) is 15.6 Å². The molecule has 2 aromatic rings. The van der Waals surface area contributed by atoms with Crippen molar-refractivity contribution in [3.05, 3.63) is 34.6 Å². The highest BCUT2D eigenvalue weighted by Gasteiger charge is 2.12. The Kier molecular flexibility index (Phi) is 5.97. The van der Waals surface area contributed by atoms with Crippen molar-refractivity contribution in [2.45, 2.75) is 19.0 Å². The van der Waals surface area contributed by atoms with Crippen molar-refractivity contribution in [3.8, 4) is 0 Å². The van der Waals surface area contributed by atoms with E-state index < -0.39 is 11.9 Å². The molecule has 1 heterocycles. The summed E-state index contributed by atoms with van der Waals surface area (Å²) in [4.78, 5) is 40.0. The third-order valence-electron chi connectivity index (χ3n) is 3.20. The number of fused-ring (bicyclic) bond motifs is 1. The van der Waals surface area contributed by atoms with Gasteiger partial charge in [-0.25, -0.2) is 9.78 Å². The predicted molar refractivity (Wildman–Crippen MR) is 94.1 cm³/mol. The molecule has 0 radical (unpaired) electrons. The van der Waals surface area contributed by atoms with Gasteiger partial charge in [-0.2, -0.15) is 0 Å². The van der Waals surface area contributed by atoms with E-state index in [0.29, 0.717) is 28.5 Å². The molecule has 0 aliphatic heterocycles. The van der Waals surface area contributed by atoms with Crippen LogP contribution in [0.25, 0.3) is 10.9 Å². The monoisotopic (exact) mass is 348 g/mol. The summed E-state index contributed by atoms with van der Waals surface area (Å²) in [6, 6.07) is 6.52. The number of rotatable bonds is 5. The van der Waals surface area contributed by atoms with Crippen LogP contribution >= 0.6 is 11.8 Å². The number of carbonyl (C=O) groups excluding carboxylic acids is 2. The van der Waals surface area contributed by atoms with Gasteiger partial charge >= 0.3 is 6.03 Å². The first-order valence-corrected chi connectivity index (χ1v) is 8.53. The number of amides is 3. The Labute approximate surface area is 143 Å². The Morgan fingerprint density at radius 1 is 1.29 bits per heavy atom. The second-order valence-electron chi connectivity index (χ2n) is 5.72. The summed E-state index contributed by atoms with van der Waals surface area (Å²) in [5, 5.41) is 5.81. The van der Waals surface area contributed by atoms with E-state index in [1.165, 1.54) is 4.57 Å². The highest BCUT2D eigenvalue weighted by Crippen LogP contribution is 2.16. The lowest BCUT2D eigenvalue weighted by Gasteiger charge is -2.10. The number of nitrogens with zero attached hydrogens (tertiary/aromatic N) is 2. The Balaban J connectivity index is 2.00. The number of benzene rings is 1. The van der Waals surface area contributed by atoms with Crippen molar-refractivity contribution in [3.63, 3.8) is 0 Å². The van der Waals surface area contributed by atoms with E-state index in [4.69, 9.17) is 0 Å². The minimum Gasteiger partial charge on any atom is -0.338 e. The number of para-hydroxylation sites is 1. The van der Waals surface area contributed by atoms with Gasteiger partial charge in [0.15, 0.2) is 5.16 Å². The molecule has 0 saturated heterocycles. The van der Waals surface area contributed by atoms with Crippen LogP contribution in [0, 0.1) is 5.92 Å². The number of aromatic nitrogens is 2. The van der Waals surface area contributed by atoms with E-state index in [9.17, 15) is 14.4 Å². The maximum absolute atomic E-state index is 12.3. The van der Waals surface area contributed by atoms with E-state index >= 15 is 0 Å². The number of hydrogen-bond donors (Lipinski definition) is 2. The van der Waals surface area contributed by atoms with E-state index in [1.54, 1.807) is 31.3 Å². The van der Waals surface area contributed by atoms with Gasteiger partial charge in [0.1, 0.15) is 0 Å². The van der Waals surface area contributed by atoms with Crippen molar-refractivity contribution in [1.29, 1.82) is 0 Å². The molecule has 2 N–H and O–H groups in total. The van der Waals surface area contributed by atoms with Crippen LogP contribution in [-0.4, -0.2) is 33.8 Å². The fourth-order valence-electron chi connectivity index (χ4n) is 1.96. The Bertz CT molecular complexity index is 817. The molecule has 7 nitrogen and oxygen atoms in total. The molecule has 0 aliphatic carbocycles. The van der Waals surface area contributed by atoms with Crippen molar-refractivity contribution >= 4 is 34.6 Å². The summed E-state index contributed by atoms with van der Waals surface area (Å²) in [6.07, 6.45) is 0. The molecular weight excluding hydrogens is 328 g/mol. The fraction of sp³-hybridized carbons (Fsp3) is 0.375. The highest BCUT2D eigenvalue weighted by molar-refractivity contribution is 7.99. The van der Waals surface area contributed by atoms with Crippen LogP contribution in [0.2, 0.25) is 0 Å². The SMILES string of the molecule is CC(C)CNC(=O)NC(=O)CSc1nc2ccccc2c(=O)n1C. The number of thioether (sulfide) groups is 1. The smallest absolute Gasteiger partial charge is 0.321 e. The molecule has 0 aliphatic rings. The van der Waals surface area contributed by atoms with Crippen molar-refractivity contribution in [2.24, 2.45) is 13.0 Å². The van der Waals surface area contributed by atoms with Crippen LogP contribution < -0.4 is 16.2 Å². The van der Waals surface area contributed by atoms with Crippen molar-refractivity contribution in [2.75, 3.05) is 12.3 Å². The zero-order chi connectivity index (χ0) is 17.7. The first-order chi connectivity index (χ1) is 11.4. The van der Waals surface area contributed by atoms with Crippen molar-refractivity contribution in [1.82, 2.24) is 20.2 Å². The van der Waals surface area contributed by atoms with Crippen LogP contribution in [0.1, 0.15) is 13.8 Å². The van der Waals surface area contributed by atoms with E-state index in [1.807, 2.05) is 13.8 Å². The van der Waals surface area contributed by atoms with Gasteiger partial charge in [0, 0.05) is 13.6 Å². The Hall–Kier alpha value is -2.35. The van der Waals surface area contributed by atoms with Gasteiger partial charge in [0.25, 0.3) is 5.56 Å². The minimum atomic E-state index is -0.519. The fourth-order valence-corrected chi connectivity index (χ4v) is 2.73. The molecule has 8 heteroatoms. The van der Waals surface area contributed by atoms with E-state index in [0.717, 1.165) is 11.8 Å². The van der Waals surface area contributed by atoms with Crippen LogP contribution in [0.4, 0.5) is 4.79 Å². The molecule has 1 aromatic heterocycles. The molecule has 0 atom stereocenters. The first kappa shape index (κ1) is 18.0. The Morgan fingerprint density at radius 3 is 2.71 bits per heavy atom. The summed E-state index contributed by atoms with van der Waals surface area (Å²) in [5.41, 5.74) is 0.413. The summed E-state index contributed by atoms with van der Waals surface area (Å²) >= 11 is 1.11. The number of urea groups is 1. The second-order valence-corrected chi connectivity index (χ2v) is 6.66. The summed E-state index contributed by atoms with van der Waals surface area (Å²) in [5.74, 6) is -0.145. The van der Waals surface area contributed by atoms with Crippen LogP contribution in [-0.2, 0) is 11.8 Å². The maximum Gasteiger partial charge on any atom is 0.321 e. The molecule has 24 heavy (non-hydrogen) atoms. The molecule has 0 fully saturated rings. The summed E-state index contributed by atoms with van der Waals surface area (Å²) in [6.45, 7) is 4.42. The Morgan fingerprint density at radius 2 is 2.00 bits per heavy atom. The summed E-state index contributed by atoms with van der Waals surface area (Å²) in [7, 11) is 1.61. The molecule has 2 rings (SSSR count). The first-order valence-electron chi connectivity index (χ1n) is 7.54. The molecule has 0 unspecified atom stereocenters. The highest BCUT2D eigenvalue weighted by atomic mass is 32.2. The minimum absolute atomic E-state index is 0.00623. The zero-order valence-corrected chi connectivity index (χ0v) is 14.6. The van der Waals surface area contributed by atoms with Crippen molar-refractivity contribution < 1.29 is 9.59 Å². The molecule has 0 saturated carbocycles. The standard InChI is InChI=1S/C16H20N4O3S/c1-10(2)8-17-15(23)19-13(21)9-24-16-18-12-7-5-4-6-11(12)14(22)20(16)3/h4-7,10H,8-9H2,1-3H3,(H2,17,19,21,23). The number of hydrogen-bond acceptors (Lipinski definition) is 5. The zero-order valence-electron chi connectivity index (χ0n) is 13.8. The number of nitrogens with one attached hydrogen (secondary N) is 2. The maximum atomic E-state index is 12.3. The molecule has 0 spiro atoms. The molecule has 0 bridgehead atoms. The van der Waals surface area contributed by atoms with Gasteiger partial charge in [-0.15, -0.1) is 0 Å². The molecule has 3 amide bonds. The lowest BCUT2D eigenvalue weighted by Crippen LogP contribution is -2.41. The van der Waals surface area contributed by atoms with Gasteiger partial charge in [-0.05, 0) is 18.1 Å². The average Bonchev–Trinajstić information content (AvgIpc) is 2.55. The topological polar surface area (TPSA) is 93.1 Å².